The molecule has 3 rings (SSSR count). The monoisotopic (exact) mass is 416 g/mol. The molecule has 3 aromatic rings. The second-order valence-corrected chi connectivity index (χ2v) is 8.83. The van der Waals surface area contributed by atoms with Crippen LogP contribution in [-0.4, -0.2) is 20.6 Å². The molecule has 3 aromatic carbocycles. The first-order valence-electron chi connectivity index (χ1n) is 8.78. The molecule has 0 heterocycles. The van der Waals surface area contributed by atoms with Crippen molar-refractivity contribution in [2.45, 2.75) is 19.0 Å². The molecule has 0 spiro atoms. The average Bonchev–Trinajstić information content (AvgIpc) is 2.65. The van der Waals surface area contributed by atoms with E-state index in [9.17, 15) is 13.2 Å². The third-order valence-corrected chi connectivity index (χ3v) is 5.34. The number of carbonyl (C=O) groups excluding carboxylic acids is 1. The van der Waals surface area contributed by atoms with E-state index in [2.05, 4.69) is 10.0 Å². The SMILES string of the molecule is CS(=O)(=O)N[C@H](CC(=O)NCc1cccc2ccccc12)c1ccc(Cl)cc1. The predicted octanol–water partition coefficient (Wildman–Crippen LogP) is 3.79. The Morgan fingerprint density at radius 3 is 2.39 bits per heavy atom. The molecule has 0 fully saturated rings. The summed E-state index contributed by atoms with van der Waals surface area (Å²) in [5.74, 6) is -0.246. The second kappa shape index (κ2) is 8.73. The summed E-state index contributed by atoms with van der Waals surface area (Å²) in [5, 5.41) is 5.61. The van der Waals surface area contributed by atoms with Gasteiger partial charge in [0.05, 0.1) is 12.3 Å². The van der Waals surface area contributed by atoms with Gasteiger partial charge in [-0.05, 0) is 34.0 Å². The Hall–Kier alpha value is -2.41. The first-order chi connectivity index (χ1) is 13.3. The smallest absolute Gasteiger partial charge is 0.222 e. The molecule has 0 radical (unpaired) electrons. The summed E-state index contributed by atoms with van der Waals surface area (Å²) in [7, 11) is -3.49. The summed E-state index contributed by atoms with van der Waals surface area (Å²) in [4.78, 5) is 12.5. The van der Waals surface area contributed by atoms with E-state index in [0.29, 0.717) is 17.1 Å². The maximum atomic E-state index is 12.5. The van der Waals surface area contributed by atoms with E-state index in [1.807, 2.05) is 42.5 Å². The van der Waals surface area contributed by atoms with Gasteiger partial charge in [-0.2, -0.15) is 0 Å². The third kappa shape index (κ3) is 5.55. The van der Waals surface area contributed by atoms with Gasteiger partial charge in [-0.25, -0.2) is 13.1 Å². The fraction of sp³-hybridized carbons (Fsp3) is 0.190. The summed E-state index contributed by atoms with van der Waals surface area (Å²) < 4.78 is 26.0. The highest BCUT2D eigenvalue weighted by molar-refractivity contribution is 7.88. The number of halogens is 1. The summed E-state index contributed by atoms with van der Waals surface area (Å²) in [6, 6.07) is 20.0. The molecule has 0 saturated carbocycles. The Balaban J connectivity index is 1.72. The van der Waals surface area contributed by atoms with Crippen LogP contribution in [0.3, 0.4) is 0 Å². The van der Waals surface area contributed by atoms with Gasteiger partial charge < -0.3 is 5.32 Å². The molecule has 0 aliphatic rings. The first kappa shape index (κ1) is 20.3. The van der Waals surface area contributed by atoms with E-state index in [1.54, 1.807) is 24.3 Å². The predicted molar refractivity (Wildman–Crippen MR) is 113 cm³/mol. The molecular weight excluding hydrogens is 396 g/mol. The molecule has 0 bridgehead atoms. The Morgan fingerprint density at radius 1 is 1.00 bits per heavy atom. The maximum absolute atomic E-state index is 12.5. The Kier molecular flexibility index (Phi) is 6.34. The van der Waals surface area contributed by atoms with Crippen molar-refractivity contribution in [3.63, 3.8) is 0 Å². The van der Waals surface area contributed by atoms with Gasteiger partial charge in [0.2, 0.25) is 15.9 Å². The second-order valence-electron chi connectivity index (χ2n) is 6.61. The molecular formula is C21H21ClN2O3S. The van der Waals surface area contributed by atoms with Gasteiger partial charge in [0.15, 0.2) is 0 Å². The molecule has 0 aliphatic heterocycles. The van der Waals surface area contributed by atoms with Crippen LogP contribution in [0.1, 0.15) is 23.6 Å². The van der Waals surface area contributed by atoms with Gasteiger partial charge in [0.25, 0.3) is 0 Å². The lowest BCUT2D eigenvalue weighted by molar-refractivity contribution is -0.121. The van der Waals surface area contributed by atoms with Gasteiger partial charge in [-0.3, -0.25) is 4.79 Å². The van der Waals surface area contributed by atoms with Gasteiger partial charge >= 0.3 is 0 Å². The maximum Gasteiger partial charge on any atom is 0.222 e. The lowest BCUT2D eigenvalue weighted by atomic mass is 10.0. The topological polar surface area (TPSA) is 75.3 Å². The van der Waals surface area contributed by atoms with Crippen molar-refractivity contribution < 1.29 is 13.2 Å². The minimum absolute atomic E-state index is 0.0144. The fourth-order valence-corrected chi connectivity index (χ4v) is 3.94. The Morgan fingerprint density at radius 2 is 1.68 bits per heavy atom. The molecule has 0 unspecified atom stereocenters. The van der Waals surface area contributed by atoms with Crippen molar-refractivity contribution in [3.05, 3.63) is 82.9 Å². The molecule has 5 nitrogen and oxygen atoms in total. The molecule has 0 aromatic heterocycles. The summed E-state index contributed by atoms with van der Waals surface area (Å²) >= 11 is 5.90. The lowest BCUT2D eigenvalue weighted by Crippen LogP contribution is -2.33. The molecule has 1 atom stereocenters. The first-order valence-corrected chi connectivity index (χ1v) is 11.0. The number of amides is 1. The van der Waals surface area contributed by atoms with E-state index in [1.165, 1.54) is 0 Å². The van der Waals surface area contributed by atoms with Crippen molar-refractivity contribution in [3.8, 4) is 0 Å². The number of rotatable bonds is 7. The van der Waals surface area contributed by atoms with E-state index in [0.717, 1.165) is 22.6 Å². The van der Waals surface area contributed by atoms with E-state index < -0.39 is 16.1 Å². The minimum Gasteiger partial charge on any atom is -0.352 e. The van der Waals surface area contributed by atoms with Crippen LogP contribution in [0.25, 0.3) is 10.8 Å². The normalized spacial score (nSPS) is 12.6. The Bertz CT molecular complexity index is 1080. The molecule has 2 N–H and O–H groups in total. The standard InChI is InChI=1S/C21H21ClN2O3S/c1-28(26,27)24-20(16-9-11-18(22)12-10-16)13-21(25)23-14-17-7-4-6-15-5-2-3-8-19(15)17/h2-12,20,24H,13-14H2,1H3,(H,23,25)/t20-/m1/s1. The largest absolute Gasteiger partial charge is 0.352 e. The fourth-order valence-electron chi connectivity index (χ4n) is 3.08. The number of sulfonamides is 1. The number of benzene rings is 3. The number of hydrogen-bond donors (Lipinski definition) is 2. The molecule has 28 heavy (non-hydrogen) atoms. The van der Waals surface area contributed by atoms with Crippen LogP contribution in [0, 0.1) is 0 Å². The molecule has 7 heteroatoms. The highest BCUT2D eigenvalue weighted by Crippen LogP contribution is 2.21. The highest BCUT2D eigenvalue weighted by atomic mass is 35.5. The van der Waals surface area contributed by atoms with E-state index in [-0.39, 0.29) is 12.3 Å². The van der Waals surface area contributed by atoms with Crippen LogP contribution >= 0.6 is 11.6 Å². The number of nitrogens with one attached hydrogen (secondary N) is 2. The summed E-state index contributed by atoms with van der Waals surface area (Å²) in [6.45, 7) is 0.367. The molecule has 1 amide bonds. The number of fused-ring (bicyclic) bond motifs is 1. The van der Waals surface area contributed by atoms with Crippen molar-refractivity contribution in [2.24, 2.45) is 0 Å². The van der Waals surface area contributed by atoms with Crippen LogP contribution in [0.15, 0.2) is 66.7 Å². The Labute approximate surface area is 169 Å². The van der Waals surface area contributed by atoms with Crippen LogP contribution in [0.4, 0.5) is 0 Å². The van der Waals surface area contributed by atoms with Gasteiger partial charge in [-0.1, -0.05) is 66.2 Å². The van der Waals surface area contributed by atoms with Gasteiger partial charge in [-0.15, -0.1) is 0 Å². The molecule has 146 valence electrons. The number of hydrogen-bond acceptors (Lipinski definition) is 3. The lowest BCUT2D eigenvalue weighted by Gasteiger charge is -2.18. The zero-order chi connectivity index (χ0) is 20.1. The van der Waals surface area contributed by atoms with Crippen molar-refractivity contribution in [1.29, 1.82) is 0 Å². The zero-order valence-electron chi connectivity index (χ0n) is 15.4. The zero-order valence-corrected chi connectivity index (χ0v) is 16.9. The average molecular weight is 417 g/mol. The highest BCUT2D eigenvalue weighted by Gasteiger charge is 2.20. The third-order valence-electron chi connectivity index (χ3n) is 4.37. The molecule has 0 saturated heterocycles. The van der Waals surface area contributed by atoms with Crippen LogP contribution in [-0.2, 0) is 21.4 Å². The van der Waals surface area contributed by atoms with Crippen LogP contribution < -0.4 is 10.0 Å². The van der Waals surface area contributed by atoms with E-state index >= 15 is 0 Å². The van der Waals surface area contributed by atoms with Gasteiger partial charge in [0, 0.05) is 18.0 Å². The van der Waals surface area contributed by atoms with Crippen LogP contribution in [0.5, 0.6) is 0 Å². The summed E-state index contributed by atoms with van der Waals surface area (Å²) in [6.07, 6.45) is 1.06. The van der Waals surface area contributed by atoms with Crippen molar-refractivity contribution in [1.82, 2.24) is 10.0 Å². The molecule has 0 aliphatic carbocycles. The van der Waals surface area contributed by atoms with Crippen LogP contribution in [0.2, 0.25) is 5.02 Å². The minimum atomic E-state index is -3.49. The van der Waals surface area contributed by atoms with Crippen molar-refractivity contribution in [2.75, 3.05) is 6.26 Å². The summed E-state index contributed by atoms with van der Waals surface area (Å²) in [5.41, 5.74) is 1.68. The number of carbonyl (C=O) groups is 1. The van der Waals surface area contributed by atoms with E-state index in [4.69, 9.17) is 11.6 Å². The van der Waals surface area contributed by atoms with Gasteiger partial charge in [0.1, 0.15) is 0 Å². The quantitative estimate of drug-likeness (QED) is 0.615. The van der Waals surface area contributed by atoms with Crippen molar-refractivity contribution >= 4 is 38.3 Å².